The highest BCUT2D eigenvalue weighted by Gasteiger charge is 2.51. The third-order valence-corrected chi connectivity index (χ3v) is 3.66. The van der Waals surface area contributed by atoms with E-state index in [1.54, 1.807) is 0 Å². The van der Waals surface area contributed by atoms with E-state index in [0.29, 0.717) is 6.10 Å². The first-order chi connectivity index (χ1) is 6.80. The van der Waals surface area contributed by atoms with Crippen molar-refractivity contribution in [2.24, 2.45) is 5.73 Å². The number of rotatable bonds is 1. The highest BCUT2D eigenvalue weighted by atomic mass is 16.5. The minimum Gasteiger partial charge on any atom is -0.376 e. The number of hydrogen-bond donors (Lipinski definition) is 1. The molecule has 2 nitrogen and oxygen atoms in total. The van der Waals surface area contributed by atoms with E-state index in [9.17, 15) is 0 Å². The molecule has 1 aliphatic carbocycles. The van der Waals surface area contributed by atoms with Crippen LogP contribution >= 0.6 is 0 Å². The van der Waals surface area contributed by atoms with Gasteiger partial charge in [0.15, 0.2) is 0 Å². The lowest BCUT2D eigenvalue weighted by molar-refractivity contribution is 0.0551. The lowest BCUT2D eigenvalue weighted by Gasteiger charge is -2.28. The molecule has 2 bridgehead atoms. The summed E-state index contributed by atoms with van der Waals surface area (Å²) < 4.78 is 5.70. The number of nitrogens with two attached hydrogens (primary N) is 1. The summed E-state index contributed by atoms with van der Waals surface area (Å²) in [4.78, 5) is 0. The van der Waals surface area contributed by atoms with Crippen molar-refractivity contribution in [1.82, 2.24) is 0 Å². The first-order valence-corrected chi connectivity index (χ1v) is 5.23. The van der Waals surface area contributed by atoms with Crippen molar-refractivity contribution in [2.45, 2.75) is 30.4 Å². The molecule has 1 aromatic rings. The van der Waals surface area contributed by atoms with Crippen molar-refractivity contribution in [1.29, 1.82) is 0 Å². The highest BCUT2D eigenvalue weighted by molar-refractivity contribution is 5.30. The lowest BCUT2D eigenvalue weighted by atomic mass is 9.80. The summed E-state index contributed by atoms with van der Waals surface area (Å²) in [6.45, 7) is 0.857. The van der Waals surface area contributed by atoms with Crippen molar-refractivity contribution in [2.75, 3.05) is 6.61 Å². The van der Waals surface area contributed by atoms with Gasteiger partial charge in [-0.05, 0) is 18.4 Å². The Hall–Kier alpha value is -0.860. The van der Waals surface area contributed by atoms with E-state index in [4.69, 9.17) is 10.5 Å². The van der Waals surface area contributed by atoms with Crippen LogP contribution in [0.5, 0.6) is 0 Å². The van der Waals surface area contributed by atoms with E-state index < -0.39 is 0 Å². The van der Waals surface area contributed by atoms with Gasteiger partial charge < -0.3 is 10.5 Å². The predicted octanol–water partition coefficient (Wildman–Crippen LogP) is 1.44. The normalized spacial score (nSPS) is 40.4. The maximum atomic E-state index is 6.02. The van der Waals surface area contributed by atoms with Crippen molar-refractivity contribution in [3.05, 3.63) is 35.9 Å². The highest BCUT2D eigenvalue weighted by Crippen LogP contribution is 2.47. The van der Waals surface area contributed by atoms with Gasteiger partial charge in [-0.25, -0.2) is 0 Å². The molecule has 3 atom stereocenters. The number of ether oxygens (including phenoxy) is 1. The maximum absolute atomic E-state index is 6.02. The van der Waals surface area contributed by atoms with Crippen LogP contribution in [0.1, 0.15) is 18.4 Å². The molecule has 2 aliphatic rings. The van der Waals surface area contributed by atoms with Crippen LogP contribution in [-0.2, 0) is 10.2 Å². The van der Waals surface area contributed by atoms with Crippen molar-refractivity contribution < 1.29 is 4.74 Å². The third-order valence-electron chi connectivity index (χ3n) is 3.66. The standard InChI is InChI=1S/C12H15NO/c13-10-6-12(7-11(10)14-8-12)9-4-2-1-3-5-9/h1-5,10-11H,6-8,13H2. The summed E-state index contributed by atoms with van der Waals surface area (Å²) >= 11 is 0. The Morgan fingerprint density at radius 3 is 2.57 bits per heavy atom. The zero-order chi connectivity index (χ0) is 9.60. The molecule has 1 aliphatic heterocycles. The number of hydrogen-bond acceptors (Lipinski definition) is 2. The van der Waals surface area contributed by atoms with Crippen LogP contribution in [0.25, 0.3) is 0 Å². The molecular formula is C12H15NO. The van der Waals surface area contributed by atoms with Gasteiger partial charge in [-0.15, -0.1) is 0 Å². The summed E-state index contributed by atoms with van der Waals surface area (Å²) in [5, 5.41) is 0. The molecule has 74 valence electrons. The summed E-state index contributed by atoms with van der Waals surface area (Å²) in [7, 11) is 0. The molecule has 2 N–H and O–H groups in total. The van der Waals surface area contributed by atoms with Crippen LogP contribution in [0, 0.1) is 0 Å². The Labute approximate surface area is 84.1 Å². The van der Waals surface area contributed by atoms with E-state index in [1.807, 2.05) is 0 Å². The van der Waals surface area contributed by atoms with Crippen LogP contribution in [0.15, 0.2) is 30.3 Å². The average Bonchev–Trinajstić information content (AvgIpc) is 2.77. The number of benzene rings is 1. The van der Waals surface area contributed by atoms with E-state index in [2.05, 4.69) is 30.3 Å². The summed E-state index contributed by atoms with van der Waals surface area (Å²) in [6, 6.07) is 10.9. The van der Waals surface area contributed by atoms with E-state index in [0.717, 1.165) is 19.4 Å². The van der Waals surface area contributed by atoms with Crippen LogP contribution in [0.2, 0.25) is 0 Å². The van der Waals surface area contributed by atoms with Crippen LogP contribution < -0.4 is 5.73 Å². The Morgan fingerprint density at radius 2 is 2.00 bits per heavy atom. The molecule has 2 heteroatoms. The molecule has 0 spiro atoms. The first kappa shape index (κ1) is 8.45. The molecule has 1 heterocycles. The SMILES string of the molecule is NC1CC2(c3ccccc3)COC1C2. The van der Waals surface area contributed by atoms with Gasteiger partial charge in [0.05, 0.1) is 12.7 Å². The average molecular weight is 189 g/mol. The second-order valence-corrected chi connectivity index (χ2v) is 4.57. The second kappa shape index (κ2) is 2.81. The molecule has 0 amide bonds. The Morgan fingerprint density at radius 1 is 1.21 bits per heavy atom. The molecule has 14 heavy (non-hydrogen) atoms. The quantitative estimate of drug-likeness (QED) is 0.725. The largest absolute Gasteiger partial charge is 0.376 e. The van der Waals surface area contributed by atoms with Gasteiger partial charge in [-0.2, -0.15) is 0 Å². The van der Waals surface area contributed by atoms with Crippen molar-refractivity contribution in [3.8, 4) is 0 Å². The molecule has 0 radical (unpaired) electrons. The summed E-state index contributed by atoms with van der Waals surface area (Å²) in [5.41, 5.74) is 7.64. The Bertz CT molecular complexity index is 333. The lowest BCUT2D eigenvalue weighted by Crippen LogP contribution is -2.37. The second-order valence-electron chi connectivity index (χ2n) is 4.57. The topological polar surface area (TPSA) is 35.2 Å². The maximum Gasteiger partial charge on any atom is 0.0736 e. The van der Waals surface area contributed by atoms with E-state index in [1.165, 1.54) is 5.56 Å². The zero-order valence-electron chi connectivity index (χ0n) is 8.15. The molecule has 1 saturated heterocycles. The minimum absolute atomic E-state index is 0.228. The molecule has 2 fully saturated rings. The fourth-order valence-electron chi connectivity index (χ4n) is 2.88. The van der Waals surface area contributed by atoms with Gasteiger partial charge in [0.1, 0.15) is 0 Å². The molecule has 0 aromatic heterocycles. The third kappa shape index (κ3) is 1.04. The van der Waals surface area contributed by atoms with Crippen molar-refractivity contribution >= 4 is 0 Å². The monoisotopic (exact) mass is 189 g/mol. The van der Waals surface area contributed by atoms with Gasteiger partial charge in [0.25, 0.3) is 0 Å². The predicted molar refractivity (Wildman–Crippen MR) is 55.1 cm³/mol. The molecule has 3 rings (SSSR count). The number of fused-ring (bicyclic) bond motifs is 2. The van der Waals surface area contributed by atoms with Gasteiger partial charge in [0.2, 0.25) is 0 Å². The summed E-state index contributed by atoms with van der Waals surface area (Å²) in [6.07, 6.45) is 2.50. The molecule has 1 saturated carbocycles. The summed E-state index contributed by atoms with van der Waals surface area (Å²) in [5.74, 6) is 0. The minimum atomic E-state index is 0.228. The smallest absolute Gasteiger partial charge is 0.0736 e. The molecule has 1 aromatic carbocycles. The van der Waals surface area contributed by atoms with E-state index >= 15 is 0 Å². The van der Waals surface area contributed by atoms with Gasteiger partial charge >= 0.3 is 0 Å². The fourth-order valence-corrected chi connectivity index (χ4v) is 2.88. The Balaban J connectivity index is 1.99. The van der Waals surface area contributed by atoms with Gasteiger partial charge in [-0.3, -0.25) is 0 Å². The van der Waals surface area contributed by atoms with Gasteiger partial charge in [-0.1, -0.05) is 30.3 Å². The molecule has 3 unspecified atom stereocenters. The first-order valence-electron chi connectivity index (χ1n) is 5.23. The van der Waals surface area contributed by atoms with Gasteiger partial charge in [0, 0.05) is 11.5 Å². The van der Waals surface area contributed by atoms with Crippen LogP contribution in [0.4, 0.5) is 0 Å². The zero-order valence-corrected chi connectivity index (χ0v) is 8.15. The van der Waals surface area contributed by atoms with E-state index in [-0.39, 0.29) is 11.5 Å². The fraction of sp³-hybridized carbons (Fsp3) is 0.500. The van der Waals surface area contributed by atoms with Crippen LogP contribution in [0.3, 0.4) is 0 Å². The van der Waals surface area contributed by atoms with Crippen molar-refractivity contribution in [3.63, 3.8) is 0 Å². The van der Waals surface area contributed by atoms with Crippen LogP contribution in [-0.4, -0.2) is 18.8 Å². The molecular weight excluding hydrogens is 174 g/mol. The Kier molecular flexibility index (Phi) is 1.70.